The van der Waals surface area contributed by atoms with Crippen molar-refractivity contribution < 1.29 is 33.6 Å². The van der Waals surface area contributed by atoms with Crippen LogP contribution in [0.25, 0.3) is 0 Å². The summed E-state index contributed by atoms with van der Waals surface area (Å²) in [5.74, 6) is 8.23. The molecule has 0 spiro atoms. The fourth-order valence-electron chi connectivity index (χ4n) is 6.27. The largest absolute Gasteiger partial charge is 0.493 e. The zero-order valence-electron chi connectivity index (χ0n) is 32.8. The number of aromatic nitrogens is 2. The van der Waals surface area contributed by atoms with E-state index in [1.54, 1.807) is 45.4 Å². The average molecular weight is 753 g/mol. The summed E-state index contributed by atoms with van der Waals surface area (Å²) in [6.45, 7) is 11.1. The molecule has 2 aliphatic carbocycles. The fraction of sp³-hybridized carbons (Fsp3) is 0.432. The van der Waals surface area contributed by atoms with Crippen LogP contribution in [0.1, 0.15) is 78.7 Å². The van der Waals surface area contributed by atoms with Crippen LogP contribution in [-0.4, -0.2) is 47.6 Å². The molecule has 11 heteroatoms. The Balaban J connectivity index is 0.000000214. The number of methoxy groups -OCH3 is 2. The molecule has 55 heavy (non-hydrogen) atoms. The number of pyridine rings is 2. The summed E-state index contributed by atoms with van der Waals surface area (Å²) in [4.78, 5) is 35.5. The Labute approximate surface area is 322 Å². The maximum Gasteiger partial charge on any atom is 0.385 e. The molecule has 292 valence electrons. The summed E-state index contributed by atoms with van der Waals surface area (Å²) in [5.41, 5.74) is 4.73. The lowest BCUT2D eigenvalue weighted by molar-refractivity contribution is -0.143. The molecule has 2 heterocycles. The molecule has 2 atom stereocenters. The van der Waals surface area contributed by atoms with E-state index < -0.39 is 18.2 Å². The minimum atomic E-state index is -0.700. The molecule has 6 rings (SSSR count). The van der Waals surface area contributed by atoms with E-state index in [0.29, 0.717) is 61.1 Å². The number of carbonyl (C=O) groups is 1. The van der Waals surface area contributed by atoms with E-state index in [9.17, 15) is 19.5 Å². The SMILES string of the molecule is CC#CC(=O)OC(Cn1c(C)cc(=O)cc1C)c1ccc(OC)c(OCC2CC2)c1.COc1ccc(C(O)Cn2c(C)cc(=O)cc2C)cc1OCC1CC1. The van der Waals surface area contributed by atoms with Crippen molar-refractivity contribution in [2.75, 3.05) is 27.4 Å². The minimum absolute atomic E-state index is 0.0130. The van der Waals surface area contributed by atoms with Crippen LogP contribution >= 0.6 is 0 Å². The zero-order chi connectivity index (χ0) is 39.6. The van der Waals surface area contributed by atoms with E-state index in [0.717, 1.165) is 33.9 Å². The predicted octanol–water partition coefficient (Wildman–Crippen LogP) is 6.57. The summed E-state index contributed by atoms with van der Waals surface area (Å²) in [6, 6.07) is 17.3. The second kappa shape index (κ2) is 18.7. The van der Waals surface area contributed by atoms with Gasteiger partial charge in [0.1, 0.15) is 6.10 Å². The number of carbonyl (C=O) groups excluding carboxylic acids is 1. The van der Waals surface area contributed by atoms with Crippen molar-refractivity contribution >= 4 is 5.97 Å². The number of nitrogens with zero attached hydrogens (tertiary/aromatic N) is 2. The van der Waals surface area contributed by atoms with E-state index in [-0.39, 0.29) is 10.9 Å². The standard InChI is InChI=1S/C24H27NO5.C20H25NO4/c1-5-6-24(27)30-23(14-25-16(2)11-20(26)12-17(25)3)19-9-10-21(28-4)22(13-19)29-15-18-7-8-18;1-13-8-17(22)9-14(2)21(13)11-18(23)16-6-7-19(24-3)20(10-16)25-12-15-4-5-15/h9-13,18,23H,7-8,14-15H2,1-4H3;6-10,15,18,23H,4-5,11-12H2,1-3H3. The van der Waals surface area contributed by atoms with Crippen LogP contribution in [0.3, 0.4) is 0 Å². The van der Waals surface area contributed by atoms with E-state index in [4.69, 9.17) is 23.7 Å². The molecule has 0 aliphatic heterocycles. The molecule has 2 unspecified atom stereocenters. The van der Waals surface area contributed by atoms with Gasteiger partial charge in [-0.1, -0.05) is 18.1 Å². The van der Waals surface area contributed by atoms with Crippen LogP contribution in [0.4, 0.5) is 0 Å². The first kappa shape index (κ1) is 40.7. The molecule has 4 aromatic rings. The number of aliphatic hydroxyl groups is 1. The zero-order valence-corrected chi connectivity index (χ0v) is 32.8. The Morgan fingerprint density at radius 3 is 1.56 bits per heavy atom. The van der Waals surface area contributed by atoms with Crippen molar-refractivity contribution in [3.05, 3.63) is 115 Å². The molecule has 0 saturated heterocycles. The van der Waals surface area contributed by atoms with Gasteiger partial charge in [-0.25, -0.2) is 4.79 Å². The Morgan fingerprint density at radius 2 is 1.13 bits per heavy atom. The molecule has 2 aliphatic rings. The summed E-state index contributed by atoms with van der Waals surface area (Å²) in [5, 5.41) is 10.7. The maximum absolute atomic E-state index is 12.2. The predicted molar refractivity (Wildman–Crippen MR) is 210 cm³/mol. The highest BCUT2D eigenvalue weighted by molar-refractivity contribution is 5.88. The van der Waals surface area contributed by atoms with E-state index >= 15 is 0 Å². The van der Waals surface area contributed by atoms with Crippen LogP contribution in [0.15, 0.2) is 70.3 Å². The molecular weight excluding hydrogens is 700 g/mol. The van der Waals surface area contributed by atoms with Gasteiger partial charge in [0.15, 0.2) is 33.9 Å². The van der Waals surface area contributed by atoms with Crippen molar-refractivity contribution in [3.8, 4) is 34.8 Å². The van der Waals surface area contributed by atoms with Crippen molar-refractivity contribution in [2.45, 2.75) is 85.6 Å². The van der Waals surface area contributed by atoms with Gasteiger partial charge in [0.2, 0.25) is 0 Å². The van der Waals surface area contributed by atoms with E-state index in [1.807, 2.05) is 73.2 Å². The number of hydrogen-bond donors (Lipinski definition) is 1. The second-order valence-electron chi connectivity index (χ2n) is 14.3. The van der Waals surface area contributed by atoms with Crippen molar-refractivity contribution in [2.24, 2.45) is 11.8 Å². The van der Waals surface area contributed by atoms with Gasteiger partial charge in [-0.05, 0) is 108 Å². The van der Waals surface area contributed by atoms with Gasteiger partial charge in [-0.15, -0.1) is 0 Å². The van der Waals surface area contributed by atoms with Gasteiger partial charge in [0.25, 0.3) is 0 Å². The van der Waals surface area contributed by atoms with Crippen LogP contribution in [0.2, 0.25) is 0 Å². The Bertz CT molecular complexity index is 2100. The third kappa shape index (κ3) is 11.5. The van der Waals surface area contributed by atoms with Crippen LogP contribution in [-0.2, 0) is 22.6 Å². The van der Waals surface area contributed by atoms with E-state index in [1.165, 1.54) is 25.7 Å². The van der Waals surface area contributed by atoms with Gasteiger partial charge in [-0.2, -0.15) is 0 Å². The number of ether oxygens (including phenoxy) is 5. The number of aryl methyl sites for hydroxylation is 4. The lowest BCUT2D eigenvalue weighted by Crippen LogP contribution is -2.21. The molecule has 2 saturated carbocycles. The maximum atomic E-state index is 12.2. The first-order chi connectivity index (χ1) is 26.4. The highest BCUT2D eigenvalue weighted by atomic mass is 16.5. The lowest BCUT2D eigenvalue weighted by Gasteiger charge is -2.23. The quantitative estimate of drug-likeness (QED) is 0.0816. The smallest absolute Gasteiger partial charge is 0.385 e. The molecule has 2 fully saturated rings. The molecule has 0 amide bonds. The monoisotopic (exact) mass is 752 g/mol. The van der Waals surface area contributed by atoms with Crippen LogP contribution in [0, 0.1) is 51.4 Å². The Morgan fingerprint density at radius 1 is 0.691 bits per heavy atom. The highest BCUT2D eigenvalue weighted by Crippen LogP contribution is 2.36. The molecule has 0 bridgehead atoms. The van der Waals surface area contributed by atoms with Crippen molar-refractivity contribution in [1.29, 1.82) is 0 Å². The number of benzene rings is 2. The second-order valence-corrected chi connectivity index (χ2v) is 14.3. The molecule has 1 N–H and O–H groups in total. The molecule has 11 nitrogen and oxygen atoms in total. The van der Waals surface area contributed by atoms with Crippen LogP contribution in [0.5, 0.6) is 23.0 Å². The van der Waals surface area contributed by atoms with Gasteiger partial charge in [0, 0.05) is 53.0 Å². The summed E-state index contributed by atoms with van der Waals surface area (Å²) in [6.07, 6.45) is 3.50. The normalized spacial score (nSPS) is 14.3. The first-order valence-corrected chi connectivity index (χ1v) is 18.7. The number of hydrogen-bond acceptors (Lipinski definition) is 9. The summed E-state index contributed by atoms with van der Waals surface area (Å²) in [7, 11) is 3.21. The molecule has 2 aromatic carbocycles. The third-order valence-corrected chi connectivity index (χ3v) is 9.76. The molecule has 2 aromatic heterocycles. The lowest BCUT2D eigenvalue weighted by atomic mass is 10.1. The average Bonchev–Trinajstić information content (AvgIpc) is 4.09. The topological polar surface area (TPSA) is 127 Å². The summed E-state index contributed by atoms with van der Waals surface area (Å²) < 4.78 is 32.2. The first-order valence-electron chi connectivity index (χ1n) is 18.7. The van der Waals surface area contributed by atoms with Gasteiger partial charge in [0.05, 0.1) is 46.6 Å². The number of esters is 1. The van der Waals surface area contributed by atoms with Gasteiger partial charge in [-0.3, -0.25) is 9.59 Å². The third-order valence-electron chi connectivity index (χ3n) is 9.76. The molecule has 0 radical (unpaired) electrons. The molecular formula is C44H52N2O9. The van der Waals surface area contributed by atoms with Gasteiger partial charge >= 0.3 is 5.97 Å². The Hall–Kier alpha value is -5.47. The van der Waals surface area contributed by atoms with E-state index in [2.05, 4.69) is 11.8 Å². The summed E-state index contributed by atoms with van der Waals surface area (Å²) >= 11 is 0. The minimum Gasteiger partial charge on any atom is -0.493 e. The number of aliphatic hydroxyl groups excluding tert-OH is 1. The van der Waals surface area contributed by atoms with Crippen molar-refractivity contribution in [3.63, 3.8) is 0 Å². The van der Waals surface area contributed by atoms with Crippen molar-refractivity contribution in [1.82, 2.24) is 9.13 Å². The fourth-order valence-corrected chi connectivity index (χ4v) is 6.27. The Kier molecular flexibility index (Phi) is 13.9. The van der Waals surface area contributed by atoms with Crippen LogP contribution < -0.4 is 29.8 Å². The highest BCUT2D eigenvalue weighted by Gasteiger charge is 2.25. The van der Waals surface area contributed by atoms with Gasteiger partial charge < -0.3 is 37.9 Å². The number of rotatable bonds is 15.